The Balaban J connectivity index is 1.61. The Bertz CT molecular complexity index is 663. The summed E-state index contributed by atoms with van der Waals surface area (Å²) in [4.78, 5) is 12.5. The maximum atomic E-state index is 12.5. The largest absolute Gasteiger partial charge is 0.462 e. The van der Waals surface area contributed by atoms with E-state index >= 15 is 0 Å². The minimum absolute atomic E-state index is 0.00689. The molecule has 26 heavy (non-hydrogen) atoms. The average molecular weight is 364 g/mol. The van der Waals surface area contributed by atoms with Crippen molar-refractivity contribution in [2.45, 2.75) is 75.7 Å². The fourth-order valence-electron chi connectivity index (χ4n) is 4.57. The van der Waals surface area contributed by atoms with Crippen LogP contribution < -0.4 is 0 Å². The number of hydrogen-bond donors (Lipinski definition) is 2. The molecule has 7 unspecified atom stereocenters. The van der Waals surface area contributed by atoms with Crippen LogP contribution in [-0.4, -0.2) is 58.4 Å². The first-order valence-electron chi connectivity index (χ1n) is 9.40. The van der Waals surface area contributed by atoms with Crippen molar-refractivity contribution in [3.63, 3.8) is 0 Å². The van der Waals surface area contributed by atoms with Crippen molar-refractivity contribution >= 4 is 5.97 Å². The maximum Gasteiger partial charge on any atom is 0.334 e. The second kappa shape index (κ2) is 5.89. The number of carbonyl (C=O) groups excluding carboxylic acids is 1. The van der Waals surface area contributed by atoms with Gasteiger partial charge >= 0.3 is 5.97 Å². The van der Waals surface area contributed by atoms with Gasteiger partial charge in [-0.3, -0.25) is 0 Å². The number of ether oxygens (including phenoxy) is 3. The molecular formula is C20H28O6. The second-order valence-corrected chi connectivity index (χ2v) is 8.92. The van der Waals surface area contributed by atoms with Crippen LogP contribution in [0.25, 0.3) is 0 Å². The number of esters is 1. The average Bonchev–Trinajstić information content (AvgIpc) is 3.44. The number of rotatable bonds is 2. The highest BCUT2D eigenvalue weighted by Crippen LogP contribution is 2.47. The van der Waals surface area contributed by atoms with E-state index in [0.717, 1.165) is 5.57 Å². The topological polar surface area (TPSA) is 91.8 Å². The molecule has 0 aromatic rings. The smallest absolute Gasteiger partial charge is 0.334 e. The third-order valence-corrected chi connectivity index (χ3v) is 6.38. The van der Waals surface area contributed by atoms with Gasteiger partial charge in [0.05, 0.1) is 23.9 Å². The van der Waals surface area contributed by atoms with Gasteiger partial charge in [0.1, 0.15) is 18.3 Å². The lowest BCUT2D eigenvalue weighted by atomic mass is 9.75. The molecule has 1 saturated carbocycles. The van der Waals surface area contributed by atoms with Gasteiger partial charge in [-0.1, -0.05) is 12.2 Å². The molecule has 2 N–H and O–H groups in total. The Labute approximate surface area is 153 Å². The van der Waals surface area contributed by atoms with Gasteiger partial charge in [-0.25, -0.2) is 4.79 Å². The molecule has 4 fully saturated rings. The minimum atomic E-state index is -0.924. The monoisotopic (exact) mass is 364 g/mol. The van der Waals surface area contributed by atoms with E-state index < -0.39 is 17.7 Å². The van der Waals surface area contributed by atoms with Gasteiger partial charge in [0.2, 0.25) is 0 Å². The molecule has 0 amide bonds. The van der Waals surface area contributed by atoms with Crippen LogP contribution in [0.2, 0.25) is 0 Å². The zero-order valence-corrected chi connectivity index (χ0v) is 15.6. The summed E-state index contributed by atoms with van der Waals surface area (Å²) in [6, 6.07) is 0. The number of aliphatic hydroxyl groups is 2. The van der Waals surface area contributed by atoms with Crippen LogP contribution in [0.1, 0.15) is 40.0 Å². The van der Waals surface area contributed by atoms with Crippen LogP contribution in [0.15, 0.2) is 23.8 Å². The normalized spacial score (nSPS) is 47.0. The number of fused-ring (bicyclic) bond motifs is 2. The summed E-state index contributed by atoms with van der Waals surface area (Å²) in [5.41, 5.74) is 0.162. The quantitative estimate of drug-likeness (QED) is 0.334. The molecule has 3 heterocycles. The first-order chi connectivity index (χ1) is 12.1. The summed E-state index contributed by atoms with van der Waals surface area (Å²) in [5, 5.41) is 21.2. The van der Waals surface area contributed by atoms with E-state index in [2.05, 4.69) is 6.58 Å². The van der Waals surface area contributed by atoms with Crippen molar-refractivity contribution in [1.29, 1.82) is 0 Å². The Morgan fingerprint density at radius 3 is 2.65 bits per heavy atom. The molecule has 3 saturated heterocycles. The van der Waals surface area contributed by atoms with E-state index in [4.69, 9.17) is 14.2 Å². The Hall–Kier alpha value is -1.21. The summed E-state index contributed by atoms with van der Waals surface area (Å²) in [6.45, 7) is 10.1. The number of epoxide rings is 2. The molecular weight excluding hydrogens is 336 g/mol. The summed E-state index contributed by atoms with van der Waals surface area (Å²) >= 11 is 0. The number of aliphatic hydroxyl groups excluding tert-OH is 1. The van der Waals surface area contributed by atoms with Crippen LogP contribution in [-0.2, 0) is 19.0 Å². The lowest BCUT2D eigenvalue weighted by molar-refractivity contribution is -0.145. The molecule has 144 valence electrons. The highest BCUT2D eigenvalue weighted by molar-refractivity contribution is 5.90. The van der Waals surface area contributed by atoms with Gasteiger partial charge in [-0.15, -0.1) is 0 Å². The van der Waals surface area contributed by atoms with Crippen LogP contribution >= 0.6 is 0 Å². The lowest BCUT2D eigenvalue weighted by Crippen LogP contribution is -2.37. The molecule has 7 atom stereocenters. The van der Waals surface area contributed by atoms with E-state index in [-0.39, 0.29) is 35.7 Å². The van der Waals surface area contributed by atoms with Gasteiger partial charge in [0.25, 0.3) is 0 Å². The van der Waals surface area contributed by atoms with E-state index in [0.29, 0.717) is 31.4 Å². The predicted molar refractivity (Wildman–Crippen MR) is 93.3 cm³/mol. The van der Waals surface area contributed by atoms with Gasteiger partial charge in [0, 0.05) is 17.4 Å². The molecule has 6 nitrogen and oxygen atoms in total. The summed E-state index contributed by atoms with van der Waals surface area (Å²) in [7, 11) is 0. The van der Waals surface area contributed by atoms with Gasteiger partial charge in [-0.05, 0) is 46.1 Å². The van der Waals surface area contributed by atoms with Crippen molar-refractivity contribution in [3.05, 3.63) is 23.8 Å². The van der Waals surface area contributed by atoms with Crippen LogP contribution in [0.4, 0.5) is 0 Å². The molecule has 1 aliphatic carbocycles. The first-order valence-corrected chi connectivity index (χ1v) is 9.40. The Kier molecular flexibility index (Phi) is 4.12. The highest BCUT2D eigenvalue weighted by Gasteiger charge is 2.55. The fourth-order valence-corrected chi connectivity index (χ4v) is 4.57. The SMILES string of the molecule is C=C1CC2OC2C(C)(O)CCC2C(=CC(O)C3OC3(C)C)C(=O)OCC12. The van der Waals surface area contributed by atoms with Crippen LogP contribution in [0, 0.1) is 11.8 Å². The molecule has 0 aromatic carbocycles. The summed E-state index contributed by atoms with van der Waals surface area (Å²) in [6.07, 6.45) is 2.04. The highest BCUT2D eigenvalue weighted by atomic mass is 16.6. The number of carbonyl (C=O) groups is 1. The van der Waals surface area contributed by atoms with Crippen molar-refractivity contribution < 1.29 is 29.2 Å². The first kappa shape index (κ1) is 18.2. The van der Waals surface area contributed by atoms with E-state index in [1.807, 2.05) is 13.8 Å². The predicted octanol–water partition coefficient (Wildman–Crippen LogP) is 1.50. The standard InChI is InChI=1S/C20H28O6/c1-10-7-15-17(25-15)20(4,23)6-5-11-12(18(22)24-9-13(10)11)8-14(21)16-19(2,3)26-16/h8,11,13-17,21,23H,1,5-7,9H2,2-4H3. The fraction of sp³-hybridized carbons (Fsp3) is 0.750. The van der Waals surface area contributed by atoms with Crippen molar-refractivity contribution in [1.82, 2.24) is 0 Å². The zero-order valence-electron chi connectivity index (χ0n) is 15.6. The molecule has 3 aliphatic heterocycles. The Morgan fingerprint density at radius 1 is 1.31 bits per heavy atom. The maximum absolute atomic E-state index is 12.5. The van der Waals surface area contributed by atoms with Crippen LogP contribution in [0.5, 0.6) is 0 Å². The molecule has 4 rings (SSSR count). The zero-order chi connectivity index (χ0) is 18.9. The van der Waals surface area contributed by atoms with E-state index in [1.165, 1.54) is 0 Å². The summed E-state index contributed by atoms with van der Waals surface area (Å²) in [5.74, 6) is -0.529. The lowest BCUT2D eigenvalue weighted by Gasteiger charge is -2.35. The number of hydrogen-bond acceptors (Lipinski definition) is 6. The third kappa shape index (κ3) is 3.13. The molecule has 0 aromatic heterocycles. The van der Waals surface area contributed by atoms with Crippen LogP contribution in [0.3, 0.4) is 0 Å². The van der Waals surface area contributed by atoms with E-state index in [9.17, 15) is 15.0 Å². The summed E-state index contributed by atoms with van der Waals surface area (Å²) < 4.78 is 16.5. The third-order valence-electron chi connectivity index (χ3n) is 6.38. The number of cyclic esters (lactones) is 1. The molecule has 0 spiro atoms. The molecule has 6 heteroatoms. The van der Waals surface area contributed by atoms with Crippen molar-refractivity contribution in [3.8, 4) is 0 Å². The van der Waals surface area contributed by atoms with E-state index in [1.54, 1.807) is 13.0 Å². The van der Waals surface area contributed by atoms with Gasteiger partial charge in [-0.2, -0.15) is 0 Å². The second-order valence-electron chi connectivity index (χ2n) is 8.92. The Morgan fingerprint density at radius 2 is 2.00 bits per heavy atom. The van der Waals surface area contributed by atoms with Gasteiger partial charge in [0.15, 0.2) is 0 Å². The minimum Gasteiger partial charge on any atom is -0.462 e. The molecule has 0 bridgehead atoms. The van der Waals surface area contributed by atoms with Crippen molar-refractivity contribution in [2.75, 3.05) is 6.61 Å². The molecule has 0 radical (unpaired) electrons. The molecule has 4 aliphatic rings. The van der Waals surface area contributed by atoms with Crippen molar-refractivity contribution in [2.24, 2.45) is 11.8 Å². The van der Waals surface area contributed by atoms with Gasteiger partial charge < -0.3 is 24.4 Å².